The molecule has 1 aliphatic heterocycles. The number of carbonyl (C=O) groups excluding carboxylic acids is 1. The highest BCUT2D eigenvalue weighted by molar-refractivity contribution is 5.96. The third kappa shape index (κ3) is 5.41. The highest BCUT2D eigenvalue weighted by Crippen LogP contribution is 2.21. The molecule has 1 fully saturated rings. The fraction of sp³-hybridized carbons (Fsp3) is 0.435. The number of rotatable bonds is 8. The van der Waals surface area contributed by atoms with Gasteiger partial charge in [-0.15, -0.1) is 0 Å². The molecule has 5 nitrogen and oxygen atoms in total. The van der Waals surface area contributed by atoms with E-state index < -0.39 is 6.10 Å². The van der Waals surface area contributed by atoms with E-state index in [4.69, 9.17) is 0 Å². The second-order valence-corrected chi connectivity index (χ2v) is 7.56. The molecule has 1 heterocycles. The van der Waals surface area contributed by atoms with Crippen LogP contribution < -0.4 is 10.2 Å². The minimum absolute atomic E-state index is 0.0825. The lowest BCUT2D eigenvalue weighted by atomic mass is 10.0. The SMILES string of the molecule is CC(NCCC(=O)c1ccc(N2CCCC(O)C2)cc1)C(O)c1ccccc1. The lowest BCUT2D eigenvalue weighted by Gasteiger charge is -2.32. The van der Waals surface area contributed by atoms with Gasteiger partial charge in [-0.05, 0) is 49.6 Å². The Kier molecular flexibility index (Phi) is 7.20. The van der Waals surface area contributed by atoms with Gasteiger partial charge < -0.3 is 20.4 Å². The number of aliphatic hydroxyl groups excluding tert-OH is 2. The first-order valence-electron chi connectivity index (χ1n) is 10.1. The zero-order valence-electron chi connectivity index (χ0n) is 16.4. The van der Waals surface area contributed by atoms with Crippen molar-refractivity contribution in [2.24, 2.45) is 0 Å². The van der Waals surface area contributed by atoms with Crippen molar-refractivity contribution in [3.05, 3.63) is 65.7 Å². The van der Waals surface area contributed by atoms with Crippen LogP contribution in [0.3, 0.4) is 0 Å². The molecule has 2 aromatic rings. The molecule has 2 aromatic carbocycles. The maximum atomic E-state index is 12.4. The molecule has 0 amide bonds. The molecule has 0 saturated carbocycles. The average molecular weight is 383 g/mol. The molecule has 3 N–H and O–H groups in total. The molecule has 3 rings (SSSR count). The predicted molar refractivity (Wildman–Crippen MR) is 112 cm³/mol. The quantitative estimate of drug-likeness (QED) is 0.612. The zero-order valence-corrected chi connectivity index (χ0v) is 16.4. The monoisotopic (exact) mass is 382 g/mol. The molecule has 0 radical (unpaired) electrons. The van der Waals surface area contributed by atoms with Crippen molar-refractivity contribution in [2.45, 2.75) is 44.4 Å². The summed E-state index contributed by atoms with van der Waals surface area (Å²) in [6, 6.07) is 17.0. The van der Waals surface area contributed by atoms with Gasteiger partial charge in [-0.2, -0.15) is 0 Å². The highest BCUT2D eigenvalue weighted by atomic mass is 16.3. The van der Waals surface area contributed by atoms with E-state index in [0.29, 0.717) is 25.1 Å². The molecular formula is C23H30N2O3. The summed E-state index contributed by atoms with van der Waals surface area (Å²) in [4.78, 5) is 14.6. The molecular weight excluding hydrogens is 352 g/mol. The van der Waals surface area contributed by atoms with E-state index >= 15 is 0 Å². The predicted octanol–water partition coefficient (Wildman–Crippen LogP) is 2.93. The number of anilines is 1. The number of benzene rings is 2. The fourth-order valence-corrected chi connectivity index (χ4v) is 3.66. The maximum Gasteiger partial charge on any atom is 0.164 e. The Morgan fingerprint density at radius 2 is 1.89 bits per heavy atom. The minimum atomic E-state index is -0.601. The van der Waals surface area contributed by atoms with E-state index in [-0.39, 0.29) is 17.9 Å². The van der Waals surface area contributed by atoms with E-state index in [1.54, 1.807) is 0 Å². The van der Waals surface area contributed by atoms with Gasteiger partial charge in [0.15, 0.2) is 5.78 Å². The second-order valence-electron chi connectivity index (χ2n) is 7.56. The lowest BCUT2D eigenvalue weighted by Crippen LogP contribution is -2.38. The van der Waals surface area contributed by atoms with Crippen molar-refractivity contribution in [1.29, 1.82) is 0 Å². The van der Waals surface area contributed by atoms with Crippen molar-refractivity contribution < 1.29 is 15.0 Å². The van der Waals surface area contributed by atoms with E-state index in [9.17, 15) is 15.0 Å². The number of β-amino-alcohol motifs (C(OH)–C–C–N with tert-alkyl or cyclic N) is 1. The summed E-state index contributed by atoms with van der Waals surface area (Å²) >= 11 is 0. The number of piperidine rings is 1. The smallest absolute Gasteiger partial charge is 0.164 e. The summed E-state index contributed by atoms with van der Waals surface area (Å²) in [5.41, 5.74) is 2.61. The summed E-state index contributed by atoms with van der Waals surface area (Å²) in [6.07, 6.45) is 1.36. The number of ketones is 1. The van der Waals surface area contributed by atoms with Crippen LogP contribution in [0.4, 0.5) is 5.69 Å². The summed E-state index contributed by atoms with van der Waals surface area (Å²) < 4.78 is 0. The van der Waals surface area contributed by atoms with Crippen molar-refractivity contribution in [3.63, 3.8) is 0 Å². The summed E-state index contributed by atoms with van der Waals surface area (Å²) in [6.45, 7) is 4.03. The van der Waals surface area contributed by atoms with Gasteiger partial charge in [-0.1, -0.05) is 30.3 Å². The van der Waals surface area contributed by atoms with Gasteiger partial charge in [0.1, 0.15) is 0 Å². The number of hydrogen-bond donors (Lipinski definition) is 3. The van der Waals surface area contributed by atoms with Gasteiger partial charge in [0.25, 0.3) is 0 Å². The Morgan fingerprint density at radius 1 is 1.18 bits per heavy atom. The average Bonchev–Trinajstić information content (AvgIpc) is 2.73. The van der Waals surface area contributed by atoms with Gasteiger partial charge in [-0.3, -0.25) is 4.79 Å². The first-order valence-corrected chi connectivity index (χ1v) is 10.1. The first-order chi connectivity index (χ1) is 13.5. The van der Waals surface area contributed by atoms with Crippen molar-refractivity contribution >= 4 is 11.5 Å². The van der Waals surface area contributed by atoms with Crippen LogP contribution >= 0.6 is 0 Å². The summed E-state index contributed by atoms with van der Waals surface area (Å²) in [7, 11) is 0. The highest BCUT2D eigenvalue weighted by Gasteiger charge is 2.19. The van der Waals surface area contributed by atoms with Gasteiger partial charge >= 0.3 is 0 Å². The van der Waals surface area contributed by atoms with Crippen LogP contribution in [0.2, 0.25) is 0 Å². The maximum absolute atomic E-state index is 12.4. The number of nitrogens with one attached hydrogen (secondary N) is 1. The van der Waals surface area contributed by atoms with Crippen molar-refractivity contribution in [2.75, 3.05) is 24.5 Å². The Hall–Kier alpha value is -2.21. The van der Waals surface area contributed by atoms with Crippen LogP contribution in [-0.2, 0) is 0 Å². The Bertz CT molecular complexity index is 748. The molecule has 0 aliphatic carbocycles. The molecule has 150 valence electrons. The van der Waals surface area contributed by atoms with Crippen LogP contribution in [0, 0.1) is 0 Å². The zero-order chi connectivity index (χ0) is 19.9. The third-order valence-electron chi connectivity index (χ3n) is 5.38. The molecule has 1 aliphatic rings. The third-order valence-corrected chi connectivity index (χ3v) is 5.38. The van der Waals surface area contributed by atoms with Gasteiger partial charge in [-0.25, -0.2) is 0 Å². The van der Waals surface area contributed by atoms with Crippen LogP contribution in [0.25, 0.3) is 0 Å². The molecule has 3 atom stereocenters. The number of nitrogens with zero attached hydrogens (tertiary/aromatic N) is 1. The Morgan fingerprint density at radius 3 is 2.57 bits per heavy atom. The van der Waals surface area contributed by atoms with Crippen LogP contribution in [0.5, 0.6) is 0 Å². The van der Waals surface area contributed by atoms with Crippen molar-refractivity contribution in [1.82, 2.24) is 5.32 Å². The molecule has 28 heavy (non-hydrogen) atoms. The van der Waals surface area contributed by atoms with Crippen LogP contribution in [0.15, 0.2) is 54.6 Å². The normalized spacial score (nSPS) is 19.2. The fourth-order valence-electron chi connectivity index (χ4n) is 3.66. The van der Waals surface area contributed by atoms with Gasteiger partial charge in [0.05, 0.1) is 12.2 Å². The van der Waals surface area contributed by atoms with E-state index in [0.717, 1.165) is 30.6 Å². The van der Waals surface area contributed by atoms with Gasteiger partial charge in [0.2, 0.25) is 0 Å². The first kappa shape index (κ1) is 20.5. The van der Waals surface area contributed by atoms with E-state index in [2.05, 4.69) is 10.2 Å². The lowest BCUT2D eigenvalue weighted by molar-refractivity contribution is 0.0972. The topological polar surface area (TPSA) is 72.8 Å². The molecule has 0 aromatic heterocycles. The second kappa shape index (κ2) is 9.82. The molecule has 5 heteroatoms. The Balaban J connectivity index is 1.47. The number of aliphatic hydroxyl groups is 2. The van der Waals surface area contributed by atoms with E-state index in [1.807, 2.05) is 61.5 Å². The minimum Gasteiger partial charge on any atom is -0.391 e. The van der Waals surface area contributed by atoms with E-state index in [1.165, 1.54) is 0 Å². The van der Waals surface area contributed by atoms with Crippen LogP contribution in [-0.4, -0.2) is 47.8 Å². The number of Topliss-reactive ketones (excluding diaryl/α,β-unsaturated/α-hetero) is 1. The van der Waals surface area contributed by atoms with Crippen molar-refractivity contribution in [3.8, 4) is 0 Å². The molecule has 1 saturated heterocycles. The summed E-state index contributed by atoms with van der Waals surface area (Å²) in [5.74, 6) is 0.0825. The standard InChI is InChI=1S/C23H30N2O3/c1-17(23(28)19-6-3-2-4-7-19)24-14-13-22(27)18-9-11-20(12-10-18)25-15-5-8-21(26)16-25/h2-4,6-7,9-12,17,21,23-24,26,28H,5,8,13-16H2,1H3. The number of hydrogen-bond acceptors (Lipinski definition) is 5. The number of carbonyl (C=O) groups is 1. The Labute approximate surface area is 167 Å². The molecule has 0 spiro atoms. The largest absolute Gasteiger partial charge is 0.391 e. The van der Waals surface area contributed by atoms with Gasteiger partial charge in [0, 0.05) is 43.3 Å². The van der Waals surface area contributed by atoms with Crippen LogP contribution in [0.1, 0.15) is 48.2 Å². The molecule has 0 bridgehead atoms. The summed E-state index contributed by atoms with van der Waals surface area (Å²) in [5, 5.41) is 23.4. The molecule has 3 unspecified atom stereocenters.